The maximum absolute atomic E-state index is 14.0. The summed E-state index contributed by atoms with van der Waals surface area (Å²) in [5.74, 6) is -1.47. The Morgan fingerprint density at radius 1 is 1.10 bits per heavy atom. The molecule has 7 nitrogen and oxygen atoms in total. The number of hydrogen-bond acceptors (Lipinski definition) is 4. The third-order valence-electron chi connectivity index (χ3n) is 5.23. The van der Waals surface area contributed by atoms with Crippen LogP contribution in [-0.4, -0.2) is 47.3 Å². The van der Waals surface area contributed by atoms with Crippen molar-refractivity contribution in [2.75, 3.05) is 13.1 Å². The molecule has 0 unspecified atom stereocenters. The molecule has 4 rings (SSSR count). The number of benzene rings is 2. The van der Waals surface area contributed by atoms with E-state index in [9.17, 15) is 17.6 Å². The maximum atomic E-state index is 14.0. The fraction of sp³-hybridized carbons (Fsp3) is 0.238. The van der Waals surface area contributed by atoms with Gasteiger partial charge in [0.25, 0.3) is 15.9 Å². The summed E-state index contributed by atoms with van der Waals surface area (Å²) in [6.07, 6.45) is 2.87. The molecule has 2 atom stereocenters. The third kappa shape index (κ3) is 3.86. The Labute approximate surface area is 174 Å². The molecule has 0 aliphatic carbocycles. The van der Waals surface area contributed by atoms with E-state index in [4.69, 9.17) is 0 Å². The first kappa shape index (κ1) is 20.2. The Hall–Kier alpha value is -3.04. The van der Waals surface area contributed by atoms with E-state index >= 15 is 0 Å². The molecule has 1 fully saturated rings. The van der Waals surface area contributed by atoms with Gasteiger partial charge in [0.05, 0.1) is 17.9 Å². The van der Waals surface area contributed by atoms with Crippen LogP contribution in [0.1, 0.15) is 21.8 Å². The van der Waals surface area contributed by atoms with Gasteiger partial charge in [0, 0.05) is 32.3 Å². The monoisotopic (exact) mass is 428 g/mol. The van der Waals surface area contributed by atoms with Crippen LogP contribution in [-0.2, 0) is 17.1 Å². The first-order valence-corrected chi connectivity index (χ1v) is 10.9. The molecular formula is C21H21FN4O3S. The molecule has 1 N–H and O–H groups in total. The highest BCUT2D eigenvalue weighted by molar-refractivity contribution is 7.89. The lowest BCUT2D eigenvalue weighted by Gasteiger charge is -2.20. The van der Waals surface area contributed by atoms with Gasteiger partial charge in [-0.15, -0.1) is 0 Å². The Kier molecular flexibility index (Phi) is 5.40. The van der Waals surface area contributed by atoms with E-state index < -0.39 is 27.8 Å². The normalized spacial score (nSPS) is 19.7. The molecule has 0 saturated carbocycles. The molecule has 2 aromatic carbocycles. The molecule has 3 aromatic rings. The minimum absolute atomic E-state index is 0.0436. The Balaban J connectivity index is 1.63. The van der Waals surface area contributed by atoms with Gasteiger partial charge in [-0.2, -0.15) is 4.31 Å². The van der Waals surface area contributed by atoms with Gasteiger partial charge in [-0.1, -0.05) is 42.5 Å². The topological polar surface area (TPSA) is 84.3 Å². The fourth-order valence-electron chi connectivity index (χ4n) is 3.69. The predicted octanol–water partition coefficient (Wildman–Crippen LogP) is 2.15. The average molecular weight is 428 g/mol. The van der Waals surface area contributed by atoms with Crippen molar-refractivity contribution >= 4 is 15.9 Å². The third-order valence-corrected chi connectivity index (χ3v) is 6.95. The fourth-order valence-corrected chi connectivity index (χ4v) is 5.15. The van der Waals surface area contributed by atoms with Gasteiger partial charge in [0.1, 0.15) is 5.82 Å². The number of carbonyl (C=O) groups excluding carboxylic acids is 1. The van der Waals surface area contributed by atoms with Gasteiger partial charge in [0.15, 0.2) is 5.03 Å². The van der Waals surface area contributed by atoms with Crippen molar-refractivity contribution in [2.24, 2.45) is 7.05 Å². The molecule has 9 heteroatoms. The number of rotatable bonds is 5. The molecule has 156 valence electrons. The van der Waals surface area contributed by atoms with Crippen LogP contribution < -0.4 is 5.32 Å². The summed E-state index contributed by atoms with van der Waals surface area (Å²) < 4.78 is 43.0. The molecule has 1 amide bonds. The first-order chi connectivity index (χ1) is 14.4. The molecule has 1 saturated heterocycles. The Morgan fingerprint density at radius 2 is 1.80 bits per heavy atom. The van der Waals surface area contributed by atoms with Crippen molar-refractivity contribution in [3.05, 3.63) is 84.1 Å². The van der Waals surface area contributed by atoms with Crippen LogP contribution in [0.3, 0.4) is 0 Å². The number of imidazole rings is 1. The van der Waals surface area contributed by atoms with Gasteiger partial charge in [-0.05, 0) is 17.7 Å². The summed E-state index contributed by atoms with van der Waals surface area (Å²) in [5, 5.41) is 2.79. The lowest BCUT2D eigenvalue weighted by molar-refractivity contribution is 0.0932. The van der Waals surface area contributed by atoms with Crippen molar-refractivity contribution in [3.63, 3.8) is 0 Å². The van der Waals surface area contributed by atoms with E-state index in [2.05, 4.69) is 10.3 Å². The number of aryl methyl sites for hydroxylation is 1. The van der Waals surface area contributed by atoms with E-state index in [1.165, 1.54) is 35.0 Å². The number of nitrogens with one attached hydrogen (secondary N) is 1. The second-order valence-corrected chi connectivity index (χ2v) is 9.16. The Morgan fingerprint density at radius 3 is 2.47 bits per heavy atom. The van der Waals surface area contributed by atoms with Crippen LogP contribution in [0.2, 0.25) is 0 Å². The van der Waals surface area contributed by atoms with Crippen LogP contribution in [0.4, 0.5) is 4.39 Å². The van der Waals surface area contributed by atoms with Gasteiger partial charge in [-0.25, -0.2) is 17.8 Å². The summed E-state index contributed by atoms with van der Waals surface area (Å²) in [5.41, 5.74) is 0.824. The van der Waals surface area contributed by atoms with Crippen molar-refractivity contribution < 1.29 is 17.6 Å². The number of hydrogen-bond donors (Lipinski definition) is 1. The summed E-state index contributed by atoms with van der Waals surface area (Å²) in [6, 6.07) is 14.6. The highest BCUT2D eigenvalue weighted by atomic mass is 32.2. The largest absolute Gasteiger partial charge is 0.347 e. The van der Waals surface area contributed by atoms with Crippen LogP contribution in [0.25, 0.3) is 0 Å². The maximum Gasteiger partial charge on any atom is 0.262 e. The summed E-state index contributed by atoms with van der Waals surface area (Å²) in [4.78, 5) is 16.7. The number of sulfonamides is 1. The van der Waals surface area contributed by atoms with Crippen LogP contribution in [0.5, 0.6) is 0 Å². The number of nitrogens with zero attached hydrogens (tertiary/aromatic N) is 3. The van der Waals surface area contributed by atoms with Gasteiger partial charge < -0.3 is 9.88 Å². The number of halogens is 1. The molecular weight excluding hydrogens is 407 g/mol. The van der Waals surface area contributed by atoms with Crippen molar-refractivity contribution in [1.29, 1.82) is 0 Å². The zero-order chi connectivity index (χ0) is 21.3. The smallest absolute Gasteiger partial charge is 0.262 e. The molecule has 1 aliphatic heterocycles. The second kappa shape index (κ2) is 8.00. The van der Waals surface area contributed by atoms with Gasteiger partial charge >= 0.3 is 0 Å². The summed E-state index contributed by atoms with van der Waals surface area (Å²) in [6.45, 7) is 0.254. The zero-order valence-corrected chi connectivity index (χ0v) is 17.1. The Bertz CT molecular complexity index is 1160. The van der Waals surface area contributed by atoms with Crippen molar-refractivity contribution in [3.8, 4) is 0 Å². The zero-order valence-electron chi connectivity index (χ0n) is 16.3. The highest BCUT2D eigenvalue weighted by Gasteiger charge is 2.41. The van der Waals surface area contributed by atoms with E-state index in [0.29, 0.717) is 0 Å². The standard InChI is InChI=1S/C21H21FN4O3S/c1-25-13-20(23-14-25)30(28,29)26-11-17(15-7-3-2-4-8-15)19(12-26)24-21(27)16-9-5-6-10-18(16)22/h2-10,13-14,17,19H,11-12H2,1H3,(H,24,27)/t17-,19+/m1/s1. The van der Waals surface area contributed by atoms with Crippen molar-refractivity contribution in [2.45, 2.75) is 17.0 Å². The van der Waals surface area contributed by atoms with Crippen LogP contribution >= 0.6 is 0 Å². The SMILES string of the molecule is Cn1cnc(S(=O)(=O)N2C[C@H](NC(=O)c3ccccc3F)[C@@H](c3ccccc3)C2)c1. The lowest BCUT2D eigenvalue weighted by Crippen LogP contribution is -2.40. The van der Waals surface area contributed by atoms with E-state index in [0.717, 1.165) is 5.56 Å². The first-order valence-electron chi connectivity index (χ1n) is 9.44. The molecule has 30 heavy (non-hydrogen) atoms. The van der Waals surface area contributed by atoms with Crippen LogP contribution in [0.15, 0.2) is 72.1 Å². The molecule has 1 aliphatic rings. The number of aromatic nitrogens is 2. The number of carbonyl (C=O) groups is 1. The molecule has 0 bridgehead atoms. The van der Waals surface area contributed by atoms with E-state index in [-0.39, 0.29) is 29.6 Å². The summed E-state index contributed by atoms with van der Waals surface area (Å²) in [7, 11) is -2.13. The molecule has 1 aromatic heterocycles. The highest BCUT2D eigenvalue weighted by Crippen LogP contribution is 2.31. The molecule has 0 radical (unpaired) electrons. The van der Waals surface area contributed by atoms with E-state index in [1.54, 1.807) is 17.7 Å². The predicted molar refractivity (Wildman–Crippen MR) is 109 cm³/mol. The van der Waals surface area contributed by atoms with Gasteiger partial charge in [-0.3, -0.25) is 4.79 Å². The molecule has 0 spiro atoms. The lowest BCUT2D eigenvalue weighted by atomic mass is 9.94. The second-order valence-electron chi connectivity index (χ2n) is 7.28. The quantitative estimate of drug-likeness (QED) is 0.675. The van der Waals surface area contributed by atoms with Gasteiger partial charge in [0.2, 0.25) is 0 Å². The average Bonchev–Trinajstić information content (AvgIpc) is 3.36. The minimum atomic E-state index is -3.82. The molecule has 2 heterocycles. The number of amides is 1. The van der Waals surface area contributed by atoms with E-state index in [1.807, 2.05) is 30.3 Å². The summed E-state index contributed by atoms with van der Waals surface area (Å²) >= 11 is 0. The minimum Gasteiger partial charge on any atom is -0.347 e. The van der Waals surface area contributed by atoms with Crippen molar-refractivity contribution in [1.82, 2.24) is 19.2 Å². The van der Waals surface area contributed by atoms with Crippen LogP contribution in [0, 0.1) is 5.82 Å².